The first-order valence-corrected chi connectivity index (χ1v) is 10.2. The first-order valence-electron chi connectivity index (χ1n) is 10.2. The van der Waals surface area contributed by atoms with E-state index in [1.165, 1.54) is 18.2 Å². The smallest absolute Gasteiger partial charge is 0.331 e. The number of nitrogens with zero attached hydrogens (tertiary/aromatic N) is 2. The van der Waals surface area contributed by atoms with Crippen molar-refractivity contribution in [2.75, 3.05) is 7.11 Å². The normalized spacial score (nSPS) is 15.2. The number of ether oxygens (including phenoxy) is 1. The fourth-order valence-electron chi connectivity index (χ4n) is 3.83. The molecular weight excluding hydrogens is 425 g/mol. The van der Waals surface area contributed by atoms with Crippen LogP contribution in [0.3, 0.4) is 0 Å². The maximum absolute atomic E-state index is 13.3. The Labute approximate surface area is 190 Å². The number of rotatable bonds is 5. The second kappa shape index (κ2) is 8.74. The topological polar surface area (TPSA) is 80.6 Å². The van der Waals surface area contributed by atoms with E-state index in [-0.39, 0.29) is 17.9 Å². The third-order valence-corrected chi connectivity index (χ3v) is 5.54. The predicted molar refractivity (Wildman–Crippen MR) is 120 cm³/mol. The molecule has 33 heavy (non-hydrogen) atoms. The zero-order chi connectivity index (χ0) is 23.7. The zero-order valence-corrected chi connectivity index (χ0v) is 18.4. The highest BCUT2D eigenvalue weighted by molar-refractivity contribution is 6.31. The van der Waals surface area contributed by atoms with Crippen molar-refractivity contribution in [2.45, 2.75) is 20.4 Å². The van der Waals surface area contributed by atoms with Crippen LogP contribution in [-0.2, 0) is 16.1 Å². The number of hydrogen-bond donors (Lipinski definition) is 1. The summed E-state index contributed by atoms with van der Waals surface area (Å²) in [4.78, 5) is 38.9. The van der Waals surface area contributed by atoms with Gasteiger partial charge in [-0.1, -0.05) is 12.1 Å². The van der Waals surface area contributed by atoms with E-state index in [9.17, 15) is 18.8 Å². The highest BCUT2D eigenvalue weighted by atomic mass is 19.1. The fourth-order valence-corrected chi connectivity index (χ4v) is 3.83. The van der Waals surface area contributed by atoms with Gasteiger partial charge in [-0.25, -0.2) is 9.18 Å². The highest BCUT2D eigenvalue weighted by Gasteiger charge is 2.36. The number of aryl methyl sites for hydroxylation is 1. The molecule has 168 valence electrons. The number of imide groups is 2. The predicted octanol–water partition coefficient (Wildman–Crippen LogP) is 3.90. The van der Waals surface area contributed by atoms with Gasteiger partial charge in [-0.15, -0.1) is 0 Å². The van der Waals surface area contributed by atoms with Gasteiger partial charge in [0.25, 0.3) is 11.8 Å². The molecule has 0 radical (unpaired) electrons. The maximum atomic E-state index is 13.3. The lowest BCUT2D eigenvalue weighted by Gasteiger charge is -2.26. The van der Waals surface area contributed by atoms with Crippen LogP contribution in [0.15, 0.2) is 60.2 Å². The quantitative estimate of drug-likeness (QED) is 0.475. The summed E-state index contributed by atoms with van der Waals surface area (Å²) in [7, 11) is 1.55. The molecule has 3 aromatic rings. The molecule has 0 saturated carbocycles. The van der Waals surface area contributed by atoms with Gasteiger partial charge in [0.05, 0.1) is 13.7 Å². The van der Waals surface area contributed by atoms with Gasteiger partial charge in [0, 0.05) is 17.1 Å². The molecule has 0 aliphatic carbocycles. The van der Waals surface area contributed by atoms with Gasteiger partial charge in [-0.3, -0.25) is 19.8 Å². The lowest BCUT2D eigenvalue weighted by atomic mass is 10.1. The number of nitrogens with one attached hydrogen (secondary N) is 1. The van der Waals surface area contributed by atoms with Crippen LogP contribution in [-0.4, -0.2) is 34.4 Å². The van der Waals surface area contributed by atoms with Crippen molar-refractivity contribution in [3.63, 3.8) is 0 Å². The van der Waals surface area contributed by atoms with E-state index in [4.69, 9.17) is 4.74 Å². The first kappa shape index (κ1) is 22.0. The van der Waals surface area contributed by atoms with Crippen molar-refractivity contribution in [3.8, 4) is 11.4 Å². The molecular formula is C25H22FN3O4. The SMILES string of the molecule is COc1ccc(CN2C(=O)NC(=O)C(=Cc3cc(C)n(-c4ccc(F)cc4)c3C)C2=O)cc1. The minimum Gasteiger partial charge on any atom is -0.497 e. The molecule has 1 aromatic heterocycles. The number of amides is 4. The summed E-state index contributed by atoms with van der Waals surface area (Å²) >= 11 is 0. The third-order valence-electron chi connectivity index (χ3n) is 5.54. The molecule has 1 aliphatic heterocycles. The van der Waals surface area contributed by atoms with Crippen molar-refractivity contribution in [1.29, 1.82) is 0 Å². The average Bonchev–Trinajstić information content (AvgIpc) is 3.08. The Morgan fingerprint density at radius 3 is 2.30 bits per heavy atom. The summed E-state index contributed by atoms with van der Waals surface area (Å²) in [5, 5.41) is 2.24. The monoisotopic (exact) mass is 447 g/mol. The molecule has 7 nitrogen and oxygen atoms in total. The Hall–Kier alpha value is -4.20. The second-order valence-corrected chi connectivity index (χ2v) is 7.69. The molecule has 1 aliphatic rings. The van der Waals surface area contributed by atoms with Crippen molar-refractivity contribution in [3.05, 3.63) is 88.5 Å². The molecule has 4 amide bonds. The van der Waals surface area contributed by atoms with Gasteiger partial charge in [0.1, 0.15) is 17.1 Å². The minimum atomic E-state index is -0.769. The van der Waals surface area contributed by atoms with E-state index in [0.717, 1.165) is 22.0 Å². The molecule has 1 N–H and O–H groups in total. The van der Waals surface area contributed by atoms with Crippen LogP contribution in [0.4, 0.5) is 9.18 Å². The summed E-state index contributed by atoms with van der Waals surface area (Å²) in [6.45, 7) is 3.72. The highest BCUT2D eigenvalue weighted by Crippen LogP contribution is 2.25. The maximum Gasteiger partial charge on any atom is 0.331 e. The van der Waals surface area contributed by atoms with E-state index in [2.05, 4.69) is 5.32 Å². The van der Waals surface area contributed by atoms with Crippen LogP contribution in [0.2, 0.25) is 0 Å². The van der Waals surface area contributed by atoms with Crippen LogP contribution < -0.4 is 10.1 Å². The van der Waals surface area contributed by atoms with Crippen LogP contribution in [0.1, 0.15) is 22.5 Å². The van der Waals surface area contributed by atoms with E-state index in [1.807, 2.05) is 24.5 Å². The third kappa shape index (κ3) is 4.27. The number of benzene rings is 2. The Kier molecular flexibility index (Phi) is 5.83. The standard InChI is InChI=1S/C25H22FN3O4/c1-15-12-18(16(2)29(15)20-8-6-19(26)7-9-20)13-22-23(30)27-25(32)28(24(22)31)14-17-4-10-21(33-3)11-5-17/h4-13H,14H2,1-3H3,(H,27,30,32). The number of carbonyl (C=O) groups excluding carboxylic acids is 3. The summed E-state index contributed by atoms with van der Waals surface area (Å²) in [5.74, 6) is -1.11. The van der Waals surface area contributed by atoms with Crippen LogP contribution in [0.5, 0.6) is 5.75 Å². The summed E-state index contributed by atoms with van der Waals surface area (Å²) in [6, 6.07) is 14.1. The van der Waals surface area contributed by atoms with Gasteiger partial charge in [-0.2, -0.15) is 0 Å². The van der Waals surface area contributed by atoms with Crippen molar-refractivity contribution >= 4 is 23.9 Å². The molecule has 0 bridgehead atoms. The van der Waals surface area contributed by atoms with Crippen LogP contribution >= 0.6 is 0 Å². The van der Waals surface area contributed by atoms with Crippen molar-refractivity contribution in [1.82, 2.24) is 14.8 Å². The fraction of sp³-hybridized carbons (Fsp3) is 0.160. The van der Waals surface area contributed by atoms with E-state index >= 15 is 0 Å². The van der Waals surface area contributed by atoms with Gasteiger partial charge in [0.2, 0.25) is 0 Å². The minimum absolute atomic E-state index is 0.00782. The van der Waals surface area contributed by atoms with Gasteiger partial charge in [-0.05, 0) is 73.5 Å². The van der Waals surface area contributed by atoms with Gasteiger partial charge < -0.3 is 9.30 Å². The molecule has 1 saturated heterocycles. The largest absolute Gasteiger partial charge is 0.497 e. The van der Waals surface area contributed by atoms with Crippen molar-refractivity contribution in [2.24, 2.45) is 0 Å². The summed E-state index contributed by atoms with van der Waals surface area (Å²) in [5.41, 5.74) is 3.59. The Balaban J connectivity index is 1.66. The lowest BCUT2D eigenvalue weighted by molar-refractivity contribution is -0.130. The lowest BCUT2D eigenvalue weighted by Crippen LogP contribution is -2.53. The van der Waals surface area contributed by atoms with E-state index in [0.29, 0.717) is 16.9 Å². The number of urea groups is 1. The first-order chi connectivity index (χ1) is 15.8. The van der Waals surface area contributed by atoms with E-state index < -0.39 is 17.8 Å². The van der Waals surface area contributed by atoms with Crippen LogP contribution in [0.25, 0.3) is 11.8 Å². The Morgan fingerprint density at radius 2 is 1.67 bits per heavy atom. The second-order valence-electron chi connectivity index (χ2n) is 7.69. The number of methoxy groups -OCH3 is 1. The number of carbonyl (C=O) groups is 3. The number of barbiturate groups is 1. The molecule has 0 unspecified atom stereocenters. The number of halogens is 1. The molecule has 8 heteroatoms. The molecule has 1 fully saturated rings. The summed E-state index contributed by atoms with van der Waals surface area (Å²) in [6.07, 6.45) is 1.48. The van der Waals surface area contributed by atoms with Gasteiger partial charge in [0.15, 0.2) is 0 Å². The molecule has 4 rings (SSSR count). The average molecular weight is 447 g/mol. The molecule has 2 heterocycles. The Bertz CT molecular complexity index is 1270. The zero-order valence-electron chi connectivity index (χ0n) is 18.4. The molecule has 2 aromatic carbocycles. The number of hydrogen-bond acceptors (Lipinski definition) is 4. The molecule has 0 spiro atoms. The number of aromatic nitrogens is 1. The van der Waals surface area contributed by atoms with Crippen molar-refractivity contribution < 1.29 is 23.5 Å². The summed E-state index contributed by atoms with van der Waals surface area (Å²) < 4.78 is 20.4. The van der Waals surface area contributed by atoms with Crippen LogP contribution in [0, 0.1) is 19.7 Å². The van der Waals surface area contributed by atoms with E-state index in [1.54, 1.807) is 43.5 Å². The Morgan fingerprint density at radius 1 is 1.00 bits per heavy atom. The molecule has 0 atom stereocenters. The van der Waals surface area contributed by atoms with Gasteiger partial charge >= 0.3 is 6.03 Å².